The van der Waals surface area contributed by atoms with Crippen LogP contribution < -0.4 is 5.32 Å². The smallest absolute Gasteiger partial charge is 0.159 e. The number of hydrogen-bond donors (Lipinski definition) is 1. The van der Waals surface area contributed by atoms with Gasteiger partial charge in [-0.05, 0) is 36.2 Å². The molecule has 0 bridgehead atoms. The number of ketones is 1. The summed E-state index contributed by atoms with van der Waals surface area (Å²) in [7, 11) is 1.66. The van der Waals surface area contributed by atoms with Crippen LogP contribution in [0.15, 0.2) is 42.5 Å². The van der Waals surface area contributed by atoms with Crippen molar-refractivity contribution in [3.63, 3.8) is 0 Å². The Morgan fingerprint density at radius 3 is 2.68 bits per heavy atom. The summed E-state index contributed by atoms with van der Waals surface area (Å²) in [6.45, 7) is 2.66. The largest absolute Gasteiger partial charge is 0.380 e. The molecule has 1 N–H and O–H groups in total. The number of ether oxygens (including phenoxy) is 1. The Morgan fingerprint density at radius 2 is 2.00 bits per heavy atom. The van der Waals surface area contributed by atoms with Gasteiger partial charge in [-0.1, -0.05) is 24.3 Å². The van der Waals surface area contributed by atoms with Crippen molar-refractivity contribution >= 4 is 11.5 Å². The first-order valence-electron chi connectivity index (χ1n) is 6.99. The van der Waals surface area contributed by atoms with Crippen molar-refractivity contribution in [2.45, 2.75) is 20.1 Å². The third-order valence-corrected chi connectivity index (χ3v) is 3.33. The molecular weight excluding hydrogens is 276 g/mol. The molecule has 0 aliphatic heterocycles. The van der Waals surface area contributed by atoms with Crippen molar-refractivity contribution in [1.82, 2.24) is 0 Å². The molecule has 112 valence electrons. The lowest BCUT2D eigenvalue weighted by Gasteiger charge is -2.10. The fourth-order valence-electron chi connectivity index (χ4n) is 2.20. The van der Waals surface area contributed by atoms with Gasteiger partial charge in [0.15, 0.2) is 5.78 Å². The molecule has 0 saturated carbocycles. The Bertz CT molecular complexity index is 717. The molecule has 0 heterocycles. The molecule has 2 rings (SSSR count). The maximum Gasteiger partial charge on any atom is 0.159 e. The van der Waals surface area contributed by atoms with Gasteiger partial charge in [-0.15, -0.1) is 0 Å². The van der Waals surface area contributed by atoms with E-state index in [1.165, 1.54) is 6.92 Å². The Morgan fingerprint density at radius 1 is 1.23 bits per heavy atom. The normalized spacial score (nSPS) is 10.0. The summed E-state index contributed by atoms with van der Waals surface area (Å²) in [6.07, 6.45) is 0. The van der Waals surface area contributed by atoms with Crippen LogP contribution in [-0.4, -0.2) is 12.9 Å². The van der Waals surface area contributed by atoms with Gasteiger partial charge in [0.1, 0.15) is 6.07 Å². The van der Waals surface area contributed by atoms with E-state index in [0.717, 1.165) is 11.1 Å². The van der Waals surface area contributed by atoms with Gasteiger partial charge in [-0.3, -0.25) is 4.79 Å². The molecule has 0 unspecified atom stereocenters. The Kier molecular flexibility index (Phi) is 5.29. The van der Waals surface area contributed by atoms with E-state index in [1.54, 1.807) is 25.3 Å². The molecule has 0 aromatic heterocycles. The number of benzene rings is 2. The van der Waals surface area contributed by atoms with Crippen LogP contribution in [0, 0.1) is 11.3 Å². The minimum absolute atomic E-state index is 0.0189. The number of Topliss-reactive ketones (excluding diaryl/α,β-unsaturated/α-hetero) is 1. The lowest BCUT2D eigenvalue weighted by Crippen LogP contribution is -2.04. The molecule has 0 aliphatic rings. The van der Waals surface area contributed by atoms with Crippen molar-refractivity contribution in [3.8, 4) is 6.07 Å². The van der Waals surface area contributed by atoms with Gasteiger partial charge in [-0.25, -0.2) is 0 Å². The van der Waals surface area contributed by atoms with Crippen LogP contribution in [0.1, 0.15) is 34.0 Å². The van der Waals surface area contributed by atoms with E-state index in [-0.39, 0.29) is 5.78 Å². The zero-order valence-corrected chi connectivity index (χ0v) is 12.7. The van der Waals surface area contributed by atoms with Gasteiger partial charge >= 0.3 is 0 Å². The van der Waals surface area contributed by atoms with Gasteiger partial charge in [0.2, 0.25) is 0 Å². The zero-order chi connectivity index (χ0) is 15.9. The predicted octanol–water partition coefficient (Wildman–Crippen LogP) is 3.52. The highest BCUT2D eigenvalue weighted by Gasteiger charge is 2.06. The number of nitrogens with zero attached hydrogens (tertiary/aromatic N) is 1. The first-order chi connectivity index (χ1) is 10.6. The van der Waals surface area contributed by atoms with Crippen molar-refractivity contribution in [2.24, 2.45) is 0 Å². The van der Waals surface area contributed by atoms with Crippen LogP contribution in [0.2, 0.25) is 0 Å². The van der Waals surface area contributed by atoms with Crippen molar-refractivity contribution in [1.29, 1.82) is 5.26 Å². The van der Waals surface area contributed by atoms with Gasteiger partial charge in [0, 0.05) is 19.2 Å². The topological polar surface area (TPSA) is 62.1 Å². The highest BCUT2D eigenvalue weighted by Crippen LogP contribution is 2.19. The van der Waals surface area contributed by atoms with Crippen LogP contribution in [0.25, 0.3) is 0 Å². The predicted molar refractivity (Wildman–Crippen MR) is 85.6 cm³/mol. The van der Waals surface area contributed by atoms with Crippen LogP contribution in [0.5, 0.6) is 0 Å². The van der Waals surface area contributed by atoms with Gasteiger partial charge in [-0.2, -0.15) is 5.26 Å². The van der Waals surface area contributed by atoms with Crippen LogP contribution in [0.3, 0.4) is 0 Å². The number of carbonyl (C=O) groups excluding carboxylic acids is 1. The number of rotatable bonds is 6. The van der Waals surface area contributed by atoms with Crippen LogP contribution >= 0.6 is 0 Å². The summed E-state index contributed by atoms with van der Waals surface area (Å²) >= 11 is 0. The minimum Gasteiger partial charge on any atom is -0.380 e. The zero-order valence-electron chi connectivity index (χ0n) is 12.7. The summed E-state index contributed by atoms with van der Waals surface area (Å²) in [5, 5.41) is 12.4. The summed E-state index contributed by atoms with van der Waals surface area (Å²) in [6, 6.07) is 15.2. The number of methoxy groups -OCH3 is 1. The summed E-state index contributed by atoms with van der Waals surface area (Å²) in [4.78, 5) is 11.5. The molecule has 4 heteroatoms. The highest BCUT2D eigenvalue weighted by atomic mass is 16.5. The second-order valence-electron chi connectivity index (χ2n) is 5.03. The SMILES string of the molecule is COCc1cccc(CNc2cc(C(C)=O)ccc2C#N)c1. The van der Waals surface area contributed by atoms with E-state index in [0.29, 0.717) is 30.0 Å². The summed E-state index contributed by atoms with van der Waals surface area (Å²) in [5.74, 6) is -0.0189. The highest BCUT2D eigenvalue weighted by molar-refractivity contribution is 5.95. The van der Waals surface area contributed by atoms with Crippen molar-refractivity contribution < 1.29 is 9.53 Å². The van der Waals surface area contributed by atoms with E-state index in [9.17, 15) is 4.79 Å². The van der Waals surface area contributed by atoms with Crippen LogP contribution in [0.4, 0.5) is 5.69 Å². The quantitative estimate of drug-likeness (QED) is 0.828. The fourth-order valence-corrected chi connectivity index (χ4v) is 2.20. The average Bonchev–Trinajstić information content (AvgIpc) is 2.53. The first-order valence-corrected chi connectivity index (χ1v) is 6.99. The van der Waals surface area contributed by atoms with Gasteiger partial charge < -0.3 is 10.1 Å². The third kappa shape index (κ3) is 3.94. The first kappa shape index (κ1) is 15.7. The van der Waals surface area contributed by atoms with Gasteiger partial charge in [0.25, 0.3) is 0 Å². The number of carbonyl (C=O) groups is 1. The van der Waals surface area contributed by atoms with E-state index >= 15 is 0 Å². The Labute approximate surface area is 130 Å². The maximum atomic E-state index is 11.5. The number of anilines is 1. The molecule has 0 aliphatic carbocycles. The standard InChI is InChI=1S/C18H18N2O2/c1-13(21)16-6-7-17(10-19)18(9-16)20-11-14-4-3-5-15(8-14)12-22-2/h3-9,20H,11-12H2,1-2H3. The second kappa shape index (κ2) is 7.39. The monoisotopic (exact) mass is 294 g/mol. The van der Waals surface area contributed by atoms with Gasteiger partial charge in [0.05, 0.1) is 17.9 Å². The van der Waals surface area contributed by atoms with Crippen molar-refractivity contribution in [3.05, 3.63) is 64.7 Å². The number of hydrogen-bond acceptors (Lipinski definition) is 4. The minimum atomic E-state index is -0.0189. The lowest BCUT2D eigenvalue weighted by atomic mass is 10.1. The average molecular weight is 294 g/mol. The maximum absolute atomic E-state index is 11.5. The molecule has 22 heavy (non-hydrogen) atoms. The summed E-state index contributed by atoms with van der Waals surface area (Å²) < 4.78 is 5.12. The molecule has 0 fully saturated rings. The fraction of sp³-hybridized carbons (Fsp3) is 0.222. The molecule has 0 saturated heterocycles. The number of nitriles is 1. The Hall–Kier alpha value is -2.64. The number of nitrogens with one attached hydrogen (secondary N) is 1. The van der Waals surface area contributed by atoms with Crippen LogP contribution in [-0.2, 0) is 17.9 Å². The van der Waals surface area contributed by atoms with Crippen molar-refractivity contribution in [2.75, 3.05) is 12.4 Å². The third-order valence-electron chi connectivity index (χ3n) is 3.33. The van der Waals surface area contributed by atoms with E-state index < -0.39 is 0 Å². The molecule has 0 atom stereocenters. The van der Waals surface area contributed by atoms with E-state index in [1.807, 2.05) is 18.2 Å². The van der Waals surface area contributed by atoms with E-state index in [2.05, 4.69) is 17.5 Å². The van der Waals surface area contributed by atoms with E-state index in [4.69, 9.17) is 10.00 Å². The molecule has 2 aromatic rings. The molecule has 0 spiro atoms. The molecule has 0 radical (unpaired) electrons. The summed E-state index contributed by atoms with van der Waals surface area (Å²) in [5.41, 5.74) is 3.98. The lowest BCUT2D eigenvalue weighted by molar-refractivity contribution is 0.101. The second-order valence-corrected chi connectivity index (χ2v) is 5.03. The molecule has 2 aromatic carbocycles. The molecular formula is C18H18N2O2. The Balaban J connectivity index is 2.17. The molecule has 4 nitrogen and oxygen atoms in total. The molecule has 0 amide bonds.